The van der Waals surface area contributed by atoms with E-state index in [9.17, 15) is 4.79 Å². The minimum atomic E-state index is -1.58. The van der Waals surface area contributed by atoms with E-state index in [1.807, 2.05) is 0 Å². The Bertz CT molecular complexity index is 602. The average molecular weight is 371 g/mol. The Kier molecular flexibility index (Phi) is 8.89. The number of carbonyl (C=O) groups excluding carboxylic acids is 1. The van der Waals surface area contributed by atoms with Gasteiger partial charge in [0.1, 0.15) is 0 Å². The molecule has 1 aromatic carbocycles. The Labute approximate surface area is 160 Å². The highest BCUT2D eigenvalue weighted by Crippen LogP contribution is 2.23. The van der Waals surface area contributed by atoms with Gasteiger partial charge in [0.25, 0.3) is 0 Å². The van der Waals surface area contributed by atoms with Crippen LogP contribution >= 0.6 is 0 Å². The van der Waals surface area contributed by atoms with Crippen molar-refractivity contribution in [2.75, 3.05) is 6.61 Å². The summed E-state index contributed by atoms with van der Waals surface area (Å²) in [6, 6.07) is 11.9. The molecule has 0 saturated heterocycles. The molecule has 2 rings (SSSR count). The van der Waals surface area contributed by atoms with Crippen molar-refractivity contribution in [2.45, 2.75) is 70.5 Å². The number of esters is 1. The van der Waals surface area contributed by atoms with Gasteiger partial charge in [-0.25, -0.2) is 0 Å². The van der Waals surface area contributed by atoms with E-state index in [0.29, 0.717) is 13.0 Å². The van der Waals surface area contributed by atoms with Gasteiger partial charge >= 0.3 is 5.97 Å². The van der Waals surface area contributed by atoms with Gasteiger partial charge in [-0.15, -0.1) is 0 Å². The molecular weight excluding hydrogens is 336 g/mol. The van der Waals surface area contributed by atoms with Gasteiger partial charge in [0, 0.05) is 6.42 Å². The lowest BCUT2D eigenvalue weighted by molar-refractivity contribution is -0.143. The van der Waals surface area contributed by atoms with E-state index in [-0.39, 0.29) is 5.97 Å². The lowest BCUT2D eigenvalue weighted by atomic mass is 10.1. The molecule has 0 saturated carbocycles. The summed E-state index contributed by atoms with van der Waals surface area (Å²) < 4.78 is 5.41. The van der Waals surface area contributed by atoms with Crippen LogP contribution in [0.4, 0.5) is 0 Å². The van der Waals surface area contributed by atoms with Crippen LogP contribution in [0.5, 0.6) is 0 Å². The van der Waals surface area contributed by atoms with E-state index in [0.717, 1.165) is 31.7 Å². The Morgan fingerprint density at radius 2 is 1.69 bits per heavy atom. The highest BCUT2D eigenvalue weighted by atomic mass is 28.3. The number of rotatable bonds is 3. The van der Waals surface area contributed by atoms with Crippen LogP contribution in [-0.4, -0.2) is 20.7 Å². The third-order valence-corrected chi connectivity index (χ3v) is 8.29. The van der Waals surface area contributed by atoms with Crippen molar-refractivity contribution in [1.82, 2.24) is 0 Å². The van der Waals surface area contributed by atoms with Crippen molar-refractivity contribution in [3.63, 3.8) is 0 Å². The molecule has 26 heavy (non-hydrogen) atoms. The molecule has 1 aromatic rings. The summed E-state index contributed by atoms with van der Waals surface area (Å²) in [7, 11) is -1.58. The van der Waals surface area contributed by atoms with Gasteiger partial charge in [-0.05, 0) is 31.7 Å². The molecule has 0 aliphatic carbocycles. The summed E-state index contributed by atoms with van der Waals surface area (Å²) in [4.78, 5) is 11.8. The van der Waals surface area contributed by atoms with Crippen LogP contribution in [0.15, 0.2) is 53.8 Å². The SMILES string of the molecule is C[Si](C)(Cc1ccccc1)C1=C/CCOC(=O)CCCCCCC\C=C\1. The Morgan fingerprint density at radius 1 is 0.962 bits per heavy atom. The maximum atomic E-state index is 11.8. The van der Waals surface area contributed by atoms with Crippen LogP contribution in [0.25, 0.3) is 0 Å². The average Bonchev–Trinajstić information content (AvgIpc) is 2.62. The largest absolute Gasteiger partial charge is 0.465 e. The van der Waals surface area contributed by atoms with E-state index in [4.69, 9.17) is 4.74 Å². The summed E-state index contributed by atoms with van der Waals surface area (Å²) in [5.41, 5.74) is 1.42. The standard InChI is InChI=1S/C23H34O2Si/c1-26(2,20-21-14-9-8-10-15-21)22-16-11-6-4-3-5-7-12-18-23(24)25-19-13-17-22/h8-11,14-17H,3-7,12-13,18-20H2,1-2H3/b16-11+,22-17+. The second kappa shape index (κ2) is 11.2. The number of allylic oxidation sites excluding steroid dienone is 3. The first kappa shape index (κ1) is 20.7. The minimum Gasteiger partial charge on any atom is -0.465 e. The van der Waals surface area contributed by atoms with Crippen molar-refractivity contribution >= 4 is 14.0 Å². The molecule has 1 aliphatic rings. The number of benzene rings is 1. The maximum Gasteiger partial charge on any atom is 0.305 e. The zero-order valence-electron chi connectivity index (χ0n) is 16.5. The normalized spacial score (nSPS) is 21.6. The fraction of sp³-hybridized carbons (Fsp3) is 0.522. The smallest absolute Gasteiger partial charge is 0.305 e. The molecule has 1 heterocycles. The fourth-order valence-corrected chi connectivity index (χ4v) is 6.24. The predicted octanol–water partition coefficient (Wildman–Crippen LogP) is 6.18. The number of carbonyl (C=O) groups is 1. The first-order valence-electron chi connectivity index (χ1n) is 10.1. The van der Waals surface area contributed by atoms with Crippen LogP contribution in [0, 0.1) is 0 Å². The second-order valence-electron chi connectivity index (χ2n) is 7.92. The van der Waals surface area contributed by atoms with Crippen LogP contribution < -0.4 is 0 Å². The molecule has 3 heteroatoms. The summed E-state index contributed by atoms with van der Waals surface area (Å²) in [5.74, 6) is -0.0360. The number of hydrogen-bond donors (Lipinski definition) is 0. The topological polar surface area (TPSA) is 26.3 Å². The molecule has 0 aromatic heterocycles. The molecule has 0 N–H and O–H groups in total. The molecule has 0 atom stereocenters. The molecule has 2 nitrogen and oxygen atoms in total. The van der Waals surface area contributed by atoms with Gasteiger partial charge in [-0.1, -0.05) is 91.7 Å². The van der Waals surface area contributed by atoms with Crippen molar-refractivity contribution in [3.8, 4) is 0 Å². The lowest BCUT2D eigenvalue weighted by Gasteiger charge is -2.25. The maximum absolute atomic E-state index is 11.8. The Morgan fingerprint density at radius 3 is 2.50 bits per heavy atom. The van der Waals surface area contributed by atoms with Crippen LogP contribution in [0.2, 0.25) is 13.1 Å². The predicted molar refractivity (Wildman–Crippen MR) is 113 cm³/mol. The van der Waals surface area contributed by atoms with Gasteiger partial charge in [0.2, 0.25) is 0 Å². The zero-order valence-corrected chi connectivity index (χ0v) is 17.5. The summed E-state index contributed by atoms with van der Waals surface area (Å²) in [6.45, 7) is 5.39. The third kappa shape index (κ3) is 7.73. The van der Waals surface area contributed by atoms with Gasteiger partial charge in [0.15, 0.2) is 0 Å². The van der Waals surface area contributed by atoms with Crippen molar-refractivity contribution in [3.05, 3.63) is 59.3 Å². The van der Waals surface area contributed by atoms with Gasteiger partial charge < -0.3 is 4.74 Å². The van der Waals surface area contributed by atoms with Crippen molar-refractivity contribution in [2.24, 2.45) is 0 Å². The zero-order chi connectivity index (χ0) is 18.7. The molecule has 0 bridgehead atoms. The molecule has 0 radical (unpaired) electrons. The van der Waals surface area contributed by atoms with E-state index in [1.54, 1.807) is 0 Å². The van der Waals surface area contributed by atoms with Gasteiger partial charge in [0.05, 0.1) is 14.7 Å². The van der Waals surface area contributed by atoms with Crippen LogP contribution in [-0.2, 0) is 15.6 Å². The highest BCUT2D eigenvalue weighted by Gasteiger charge is 2.24. The van der Waals surface area contributed by atoms with Crippen molar-refractivity contribution in [1.29, 1.82) is 0 Å². The molecule has 0 fully saturated rings. The molecule has 142 valence electrons. The second-order valence-corrected chi connectivity index (χ2v) is 12.6. The van der Waals surface area contributed by atoms with E-state index in [1.165, 1.54) is 30.0 Å². The molecule has 0 amide bonds. The third-order valence-electron chi connectivity index (χ3n) is 5.06. The molecule has 0 spiro atoms. The monoisotopic (exact) mass is 370 g/mol. The summed E-state index contributed by atoms with van der Waals surface area (Å²) >= 11 is 0. The fourth-order valence-electron chi connectivity index (χ4n) is 3.51. The first-order valence-corrected chi connectivity index (χ1v) is 13.4. The molecular formula is C23H34O2Si. The highest BCUT2D eigenvalue weighted by molar-refractivity contribution is 6.84. The van der Waals surface area contributed by atoms with E-state index >= 15 is 0 Å². The van der Waals surface area contributed by atoms with E-state index < -0.39 is 8.07 Å². The van der Waals surface area contributed by atoms with Gasteiger partial charge in [-0.3, -0.25) is 4.79 Å². The number of hydrogen-bond acceptors (Lipinski definition) is 2. The summed E-state index contributed by atoms with van der Waals surface area (Å²) in [5, 5.41) is 1.48. The summed E-state index contributed by atoms with van der Waals surface area (Å²) in [6.07, 6.45) is 15.4. The molecule has 0 unspecified atom stereocenters. The Balaban J connectivity index is 2.07. The minimum absolute atomic E-state index is 0.0360. The quantitative estimate of drug-likeness (QED) is 0.469. The Hall–Kier alpha value is -1.61. The number of ether oxygens (including phenoxy) is 1. The number of cyclic esters (lactones) is 1. The van der Waals surface area contributed by atoms with Crippen LogP contribution in [0.3, 0.4) is 0 Å². The lowest BCUT2D eigenvalue weighted by Crippen LogP contribution is -2.32. The van der Waals surface area contributed by atoms with Crippen molar-refractivity contribution < 1.29 is 9.53 Å². The first-order chi connectivity index (χ1) is 12.6. The molecule has 1 aliphatic heterocycles. The van der Waals surface area contributed by atoms with E-state index in [2.05, 4.69) is 61.7 Å². The van der Waals surface area contributed by atoms with Gasteiger partial charge in [-0.2, -0.15) is 0 Å². The van der Waals surface area contributed by atoms with Crippen LogP contribution in [0.1, 0.15) is 56.9 Å².